The van der Waals surface area contributed by atoms with Gasteiger partial charge in [0.15, 0.2) is 0 Å². The van der Waals surface area contributed by atoms with Gasteiger partial charge in [-0.25, -0.2) is 4.79 Å². The Balaban J connectivity index is 1.39. The number of hydrogen-bond donors (Lipinski definition) is 3. The maximum absolute atomic E-state index is 12.0. The quantitative estimate of drug-likeness (QED) is 0.551. The van der Waals surface area contributed by atoms with E-state index in [2.05, 4.69) is 16.0 Å². The minimum absolute atomic E-state index is 0.0964. The molecule has 0 bridgehead atoms. The van der Waals surface area contributed by atoms with Crippen molar-refractivity contribution in [1.82, 2.24) is 16.0 Å². The molecule has 0 radical (unpaired) electrons. The van der Waals surface area contributed by atoms with Gasteiger partial charge in [-0.1, -0.05) is 60.7 Å². The van der Waals surface area contributed by atoms with Crippen molar-refractivity contribution >= 4 is 11.9 Å². The van der Waals surface area contributed by atoms with Crippen molar-refractivity contribution in [2.45, 2.75) is 13.1 Å². The maximum atomic E-state index is 12.0. The first-order chi connectivity index (χ1) is 14.2. The summed E-state index contributed by atoms with van der Waals surface area (Å²) in [7, 11) is 0. The number of urea groups is 1. The molecular weight excluding hydrogens is 366 g/mol. The van der Waals surface area contributed by atoms with Gasteiger partial charge < -0.3 is 20.7 Å². The lowest BCUT2D eigenvalue weighted by Gasteiger charge is -2.10. The molecule has 0 atom stereocenters. The molecule has 0 saturated heterocycles. The van der Waals surface area contributed by atoms with Crippen LogP contribution in [0.3, 0.4) is 0 Å². The highest BCUT2D eigenvalue weighted by Crippen LogP contribution is 2.21. The SMILES string of the molecule is O=C(CNC(=O)NCc1ccccc1)NCc1cccc(Oc2ccccc2)c1. The van der Waals surface area contributed by atoms with Crippen molar-refractivity contribution in [2.75, 3.05) is 6.54 Å². The van der Waals surface area contributed by atoms with Crippen LogP contribution in [0, 0.1) is 0 Å². The van der Waals surface area contributed by atoms with E-state index in [1.807, 2.05) is 84.9 Å². The maximum Gasteiger partial charge on any atom is 0.315 e. The van der Waals surface area contributed by atoms with Gasteiger partial charge in [-0.15, -0.1) is 0 Å². The first-order valence-corrected chi connectivity index (χ1v) is 9.33. The van der Waals surface area contributed by atoms with E-state index in [0.717, 1.165) is 16.9 Å². The number of nitrogens with one attached hydrogen (secondary N) is 3. The van der Waals surface area contributed by atoms with E-state index < -0.39 is 0 Å². The molecule has 3 aromatic carbocycles. The summed E-state index contributed by atoms with van der Waals surface area (Å²) in [4.78, 5) is 23.8. The van der Waals surface area contributed by atoms with Crippen molar-refractivity contribution < 1.29 is 14.3 Å². The Morgan fingerprint density at radius 1 is 0.655 bits per heavy atom. The fourth-order valence-electron chi connectivity index (χ4n) is 2.61. The predicted molar refractivity (Wildman–Crippen MR) is 111 cm³/mol. The van der Waals surface area contributed by atoms with Gasteiger partial charge in [-0.2, -0.15) is 0 Å². The summed E-state index contributed by atoms with van der Waals surface area (Å²) in [5, 5.41) is 8.04. The van der Waals surface area contributed by atoms with Crippen LogP contribution in [0.1, 0.15) is 11.1 Å². The molecule has 3 N–H and O–H groups in total. The van der Waals surface area contributed by atoms with Crippen molar-refractivity contribution in [3.05, 3.63) is 96.1 Å². The van der Waals surface area contributed by atoms with Crippen LogP contribution in [0.15, 0.2) is 84.9 Å². The van der Waals surface area contributed by atoms with Crippen LogP contribution in [0.2, 0.25) is 0 Å². The fourth-order valence-corrected chi connectivity index (χ4v) is 2.61. The molecular formula is C23H23N3O3. The van der Waals surface area contributed by atoms with Crippen LogP contribution in [0.4, 0.5) is 4.79 Å². The Kier molecular flexibility index (Phi) is 7.23. The predicted octanol–water partition coefficient (Wildman–Crippen LogP) is 3.59. The number of hydrogen-bond acceptors (Lipinski definition) is 3. The number of ether oxygens (including phenoxy) is 1. The van der Waals surface area contributed by atoms with E-state index in [0.29, 0.717) is 18.8 Å². The van der Waals surface area contributed by atoms with Gasteiger partial charge in [0.05, 0.1) is 6.54 Å². The topological polar surface area (TPSA) is 79.5 Å². The zero-order valence-corrected chi connectivity index (χ0v) is 15.9. The number of amides is 3. The minimum atomic E-state index is -0.387. The Morgan fingerprint density at radius 2 is 1.28 bits per heavy atom. The zero-order valence-electron chi connectivity index (χ0n) is 15.9. The lowest BCUT2D eigenvalue weighted by Crippen LogP contribution is -2.41. The van der Waals surface area contributed by atoms with Gasteiger partial charge in [0.2, 0.25) is 5.91 Å². The second-order valence-electron chi connectivity index (χ2n) is 6.36. The molecule has 0 heterocycles. The molecule has 0 aliphatic carbocycles. The standard InChI is InChI=1S/C23H23N3O3/c27-22(17-26-23(28)25-15-18-8-3-1-4-9-18)24-16-19-10-7-13-21(14-19)29-20-11-5-2-6-12-20/h1-14H,15-17H2,(H,24,27)(H2,25,26,28). The molecule has 148 valence electrons. The summed E-state index contributed by atoms with van der Waals surface area (Å²) in [6, 6.07) is 26.2. The molecule has 0 unspecified atom stereocenters. The van der Waals surface area contributed by atoms with Gasteiger partial charge in [-0.3, -0.25) is 4.79 Å². The van der Waals surface area contributed by atoms with Gasteiger partial charge >= 0.3 is 6.03 Å². The van der Waals surface area contributed by atoms with Gasteiger partial charge in [0.1, 0.15) is 11.5 Å². The largest absolute Gasteiger partial charge is 0.457 e. The van der Waals surface area contributed by atoms with Crippen molar-refractivity contribution in [1.29, 1.82) is 0 Å². The monoisotopic (exact) mass is 389 g/mol. The van der Waals surface area contributed by atoms with Crippen LogP contribution < -0.4 is 20.7 Å². The van der Waals surface area contributed by atoms with E-state index in [4.69, 9.17) is 4.74 Å². The summed E-state index contributed by atoms with van der Waals surface area (Å²) in [5.41, 5.74) is 1.89. The summed E-state index contributed by atoms with van der Waals surface area (Å²) in [5.74, 6) is 1.18. The molecule has 6 heteroatoms. The lowest BCUT2D eigenvalue weighted by atomic mass is 10.2. The second kappa shape index (κ2) is 10.5. The number of carbonyl (C=O) groups is 2. The van der Waals surface area contributed by atoms with E-state index in [-0.39, 0.29) is 18.5 Å². The molecule has 0 spiro atoms. The average Bonchev–Trinajstić information content (AvgIpc) is 2.76. The zero-order chi connectivity index (χ0) is 20.3. The third-order valence-electron chi connectivity index (χ3n) is 4.07. The van der Waals surface area contributed by atoms with Gasteiger partial charge in [0.25, 0.3) is 0 Å². The van der Waals surface area contributed by atoms with Crippen LogP contribution in [0.25, 0.3) is 0 Å². The molecule has 3 rings (SSSR count). The smallest absolute Gasteiger partial charge is 0.315 e. The molecule has 3 aromatic rings. The Labute approximate surface area is 169 Å². The number of carbonyl (C=O) groups excluding carboxylic acids is 2. The Morgan fingerprint density at radius 3 is 2.03 bits per heavy atom. The molecule has 6 nitrogen and oxygen atoms in total. The van der Waals surface area contributed by atoms with Crippen LogP contribution in [-0.4, -0.2) is 18.5 Å². The highest BCUT2D eigenvalue weighted by atomic mass is 16.5. The molecule has 29 heavy (non-hydrogen) atoms. The minimum Gasteiger partial charge on any atom is -0.457 e. The highest BCUT2D eigenvalue weighted by molar-refractivity contribution is 5.83. The summed E-state index contributed by atoms with van der Waals surface area (Å²) in [6.07, 6.45) is 0. The summed E-state index contributed by atoms with van der Waals surface area (Å²) in [6.45, 7) is 0.654. The van der Waals surface area contributed by atoms with Gasteiger partial charge in [-0.05, 0) is 35.4 Å². The van der Waals surface area contributed by atoms with E-state index in [1.165, 1.54) is 0 Å². The summed E-state index contributed by atoms with van der Waals surface area (Å²) >= 11 is 0. The summed E-state index contributed by atoms with van der Waals surface area (Å²) < 4.78 is 5.79. The molecule has 0 aliphatic rings. The van der Waals surface area contributed by atoms with Gasteiger partial charge in [0, 0.05) is 13.1 Å². The van der Waals surface area contributed by atoms with E-state index >= 15 is 0 Å². The normalized spacial score (nSPS) is 10.1. The van der Waals surface area contributed by atoms with Crippen LogP contribution in [0.5, 0.6) is 11.5 Å². The molecule has 0 saturated carbocycles. The highest BCUT2D eigenvalue weighted by Gasteiger charge is 2.06. The first-order valence-electron chi connectivity index (χ1n) is 9.33. The Bertz CT molecular complexity index is 930. The third kappa shape index (κ3) is 7.03. The molecule has 0 aromatic heterocycles. The first kappa shape index (κ1) is 19.9. The van der Waals surface area contributed by atoms with Crippen molar-refractivity contribution in [2.24, 2.45) is 0 Å². The molecule has 3 amide bonds. The van der Waals surface area contributed by atoms with E-state index in [9.17, 15) is 9.59 Å². The lowest BCUT2D eigenvalue weighted by molar-refractivity contribution is -0.120. The van der Waals surface area contributed by atoms with Crippen molar-refractivity contribution in [3.8, 4) is 11.5 Å². The molecule has 0 aliphatic heterocycles. The fraction of sp³-hybridized carbons (Fsp3) is 0.130. The van der Waals surface area contributed by atoms with Crippen molar-refractivity contribution in [3.63, 3.8) is 0 Å². The second-order valence-corrected chi connectivity index (χ2v) is 6.36. The molecule has 0 fully saturated rings. The number of para-hydroxylation sites is 1. The number of benzene rings is 3. The van der Waals surface area contributed by atoms with Crippen LogP contribution >= 0.6 is 0 Å². The van der Waals surface area contributed by atoms with Crippen LogP contribution in [-0.2, 0) is 17.9 Å². The Hall–Kier alpha value is -3.80. The average molecular weight is 389 g/mol. The van der Waals surface area contributed by atoms with E-state index in [1.54, 1.807) is 0 Å². The third-order valence-corrected chi connectivity index (χ3v) is 4.07. The number of rotatable bonds is 8.